The Labute approximate surface area is 121 Å². The third-order valence-electron chi connectivity index (χ3n) is 2.96. The highest BCUT2D eigenvalue weighted by Gasteiger charge is 2.18. The summed E-state index contributed by atoms with van der Waals surface area (Å²) >= 11 is 0. The molecule has 0 aromatic heterocycles. The maximum absolute atomic E-state index is 10.8. The zero-order chi connectivity index (χ0) is 16.0. The number of nitrogens with zero attached hydrogens (tertiary/aromatic N) is 2. The zero-order valence-electron chi connectivity index (χ0n) is 11.6. The first-order valence-corrected chi connectivity index (χ1v) is 7.78. The van der Waals surface area contributed by atoms with Gasteiger partial charge in [0, 0.05) is 23.6 Å². The molecule has 0 aliphatic heterocycles. The Morgan fingerprint density at radius 2 is 2.00 bits per heavy atom. The molecule has 1 rings (SSSR count). The van der Waals surface area contributed by atoms with Crippen molar-refractivity contribution in [2.75, 3.05) is 0 Å². The molecular weight excluding hydrogens is 299 g/mol. The van der Waals surface area contributed by atoms with Crippen LogP contribution in [0.2, 0.25) is 0 Å². The average Bonchev–Trinajstić information content (AvgIpc) is 2.42. The highest BCUT2D eigenvalue weighted by atomic mass is 31.2. The van der Waals surface area contributed by atoms with Crippen molar-refractivity contribution in [3.63, 3.8) is 0 Å². The number of benzene rings is 1. The summed E-state index contributed by atoms with van der Waals surface area (Å²) in [4.78, 5) is 31.4. The van der Waals surface area contributed by atoms with Crippen molar-refractivity contribution in [3.8, 4) is 0 Å². The molecule has 0 spiro atoms. The Kier molecular flexibility index (Phi) is 6.02. The summed E-state index contributed by atoms with van der Waals surface area (Å²) in [6.07, 6.45) is 1.23. The van der Waals surface area contributed by atoms with Gasteiger partial charge in [0.1, 0.15) is 7.82 Å². The van der Waals surface area contributed by atoms with Crippen LogP contribution in [0, 0.1) is 16.0 Å². The molecule has 21 heavy (non-hydrogen) atoms. The second kappa shape index (κ2) is 7.31. The first-order chi connectivity index (χ1) is 9.78. The number of non-ortho nitro benzene ring substituents is 1. The van der Waals surface area contributed by atoms with Crippen molar-refractivity contribution in [1.82, 2.24) is 0 Å². The standard InChI is InChI=1S/C12H17N2O6P/c1-3-9(4-2)12(13-20-21(17,18)19)10-6-5-7-11(8-10)14(15)16/h5-9H,3-4H2,1-2H3,(H2,17,18,19)/p-2. The van der Waals surface area contributed by atoms with Crippen molar-refractivity contribution in [1.29, 1.82) is 0 Å². The number of hydrogen-bond donors (Lipinski definition) is 0. The van der Waals surface area contributed by atoms with E-state index in [1.807, 2.05) is 13.8 Å². The fourth-order valence-corrected chi connectivity index (χ4v) is 2.10. The van der Waals surface area contributed by atoms with E-state index in [9.17, 15) is 24.5 Å². The zero-order valence-corrected chi connectivity index (χ0v) is 12.5. The van der Waals surface area contributed by atoms with Gasteiger partial charge in [-0.1, -0.05) is 31.1 Å². The van der Waals surface area contributed by atoms with Crippen LogP contribution in [0.4, 0.5) is 5.69 Å². The van der Waals surface area contributed by atoms with Crippen LogP contribution in [-0.4, -0.2) is 10.6 Å². The van der Waals surface area contributed by atoms with Gasteiger partial charge in [-0.15, -0.1) is 0 Å². The first-order valence-electron chi connectivity index (χ1n) is 6.32. The molecule has 1 aromatic carbocycles. The monoisotopic (exact) mass is 314 g/mol. The predicted molar refractivity (Wildman–Crippen MR) is 72.4 cm³/mol. The summed E-state index contributed by atoms with van der Waals surface area (Å²) < 4.78 is 14.6. The third kappa shape index (κ3) is 5.26. The molecular formula is C12H15N2O6P-2. The van der Waals surface area contributed by atoms with E-state index in [4.69, 9.17) is 0 Å². The maximum atomic E-state index is 10.8. The van der Waals surface area contributed by atoms with E-state index in [1.165, 1.54) is 18.2 Å². The lowest BCUT2D eigenvalue weighted by Gasteiger charge is -2.26. The van der Waals surface area contributed by atoms with Gasteiger partial charge in [0.25, 0.3) is 5.69 Å². The number of nitro benzene ring substituents is 1. The summed E-state index contributed by atoms with van der Waals surface area (Å²) in [5, 5.41) is 14.2. The van der Waals surface area contributed by atoms with E-state index in [0.29, 0.717) is 18.4 Å². The molecule has 0 bridgehead atoms. The molecule has 0 amide bonds. The smallest absolute Gasteiger partial charge is 0.270 e. The second-order valence-corrected chi connectivity index (χ2v) is 5.38. The lowest BCUT2D eigenvalue weighted by Crippen LogP contribution is -2.19. The Morgan fingerprint density at radius 3 is 2.48 bits per heavy atom. The molecule has 8 nitrogen and oxygen atoms in total. The Morgan fingerprint density at radius 1 is 1.38 bits per heavy atom. The lowest BCUT2D eigenvalue weighted by molar-refractivity contribution is -0.384. The summed E-state index contributed by atoms with van der Waals surface area (Å²) in [7, 11) is -5.25. The number of hydrogen-bond acceptors (Lipinski definition) is 7. The topological polar surface area (TPSA) is 128 Å². The molecule has 0 unspecified atom stereocenters. The van der Waals surface area contributed by atoms with Crippen LogP contribution in [0.1, 0.15) is 32.3 Å². The average molecular weight is 314 g/mol. The molecule has 0 N–H and O–H groups in total. The third-order valence-corrected chi connectivity index (χ3v) is 3.25. The van der Waals surface area contributed by atoms with Gasteiger partial charge in [-0.3, -0.25) is 10.1 Å². The van der Waals surface area contributed by atoms with Crippen molar-refractivity contribution in [2.45, 2.75) is 26.7 Å². The Bertz CT molecular complexity index is 579. The van der Waals surface area contributed by atoms with E-state index in [-0.39, 0.29) is 17.3 Å². The molecule has 9 heteroatoms. The Balaban J connectivity index is 3.26. The SMILES string of the molecule is CCC(CC)C(=NOP(=O)([O-])[O-])c1cccc([N+](=O)[O-])c1. The second-order valence-electron chi connectivity index (χ2n) is 4.33. The molecule has 0 fully saturated rings. The number of nitro groups is 1. The molecule has 116 valence electrons. The van der Waals surface area contributed by atoms with Crippen LogP contribution < -0.4 is 9.79 Å². The van der Waals surface area contributed by atoms with Crippen LogP contribution >= 0.6 is 7.82 Å². The molecule has 0 saturated carbocycles. The van der Waals surface area contributed by atoms with Gasteiger partial charge < -0.3 is 19.0 Å². The highest BCUT2D eigenvalue weighted by molar-refractivity contribution is 7.43. The molecule has 0 aliphatic rings. The number of phosphoric acid groups is 1. The fourth-order valence-electron chi connectivity index (χ4n) is 1.91. The lowest BCUT2D eigenvalue weighted by atomic mass is 9.92. The van der Waals surface area contributed by atoms with Crippen LogP contribution in [0.3, 0.4) is 0 Å². The highest BCUT2D eigenvalue weighted by Crippen LogP contribution is 2.28. The molecule has 0 aliphatic carbocycles. The number of rotatable bonds is 7. The van der Waals surface area contributed by atoms with Gasteiger partial charge in [-0.05, 0) is 12.8 Å². The van der Waals surface area contributed by atoms with E-state index >= 15 is 0 Å². The molecule has 0 saturated heterocycles. The van der Waals surface area contributed by atoms with Gasteiger partial charge in [-0.2, -0.15) is 0 Å². The summed E-state index contributed by atoms with van der Waals surface area (Å²) in [5.74, 6) is -0.182. The maximum Gasteiger partial charge on any atom is 0.270 e. The quantitative estimate of drug-likeness (QED) is 0.325. The van der Waals surface area contributed by atoms with Gasteiger partial charge in [0.05, 0.1) is 10.6 Å². The van der Waals surface area contributed by atoms with Crippen LogP contribution in [0.15, 0.2) is 29.4 Å². The van der Waals surface area contributed by atoms with Gasteiger partial charge in [0.2, 0.25) is 0 Å². The largest absolute Gasteiger partial charge is 0.778 e. The van der Waals surface area contributed by atoms with Crippen molar-refractivity contribution in [3.05, 3.63) is 39.9 Å². The first kappa shape index (κ1) is 17.3. The fraction of sp³-hybridized carbons (Fsp3) is 0.417. The number of oxime groups is 1. The van der Waals surface area contributed by atoms with Gasteiger partial charge >= 0.3 is 0 Å². The van der Waals surface area contributed by atoms with E-state index in [2.05, 4.69) is 9.78 Å². The minimum atomic E-state index is -5.25. The molecule has 0 heterocycles. The van der Waals surface area contributed by atoms with Crippen molar-refractivity contribution in [2.24, 2.45) is 11.1 Å². The predicted octanol–water partition coefficient (Wildman–Crippen LogP) is 1.58. The van der Waals surface area contributed by atoms with E-state index < -0.39 is 12.7 Å². The van der Waals surface area contributed by atoms with Crippen molar-refractivity contribution >= 4 is 19.2 Å². The summed E-state index contributed by atoms with van der Waals surface area (Å²) in [6.45, 7) is 3.71. The van der Waals surface area contributed by atoms with Crippen molar-refractivity contribution < 1.29 is 23.9 Å². The summed E-state index contributed by atoms with van der Waals surface area (Å²) in [5.41, 5.74) is 0.403. The van der Waals surface area contributed by atoms with E-state index in [1.54, 1.807) is 6.07 Å². The van der Waals surface area contributed by atoms with Gasteiger partial charge in [0.15, 0.2) is 0 Å². The molecule has 1 aromatic rings. The van der Waals surface area contributed by atoms with Crippen LogP contribution in [0.25, 0.3) is 0 Å². The minimum absolute atomic E-state index is 0.154. The molecule has 0 atom stereocenters. The van der Waals surface area contributed by atoms with Gasteiger partial charge in [-0.25, -0.2) is 0 Å². The summed E-state index contributed by atoms with van der Waals surface area (Å²) in [6, 6.07) is 5.58. The van der Waals surface area contributed by atoms with Crippen LogP contribution in [0.5, 0.6) is 0 Å². The van der Waals surface area contributed by atoms with E-state index in [0.717, 1.165) is 0 Å². The Hall–Kier alpha value is -1.76. The normalized spacial score (nSPS) is 12.5. The molecule has 0 radical (unpaired) electrons. The minimum Gasteiger partial charge on any atom is -0.778 e. The van der Waals surface area contributed by atoms with Crippen LogP contribution in [-0.2, 0) is 9.19 Å².